The molecular weight excluding hydrogens is 206 g/mol. The van der Waals surface area contributed by atoms with Gasteiger partial charge < -0.3 is 16.1 Å². The number of nitrogens with two attached hydrogens (primary N) is 1. The van der Waals surface area contributed by atoms with E-state index in [1.54, 1.807) is 12.1 Å². The minimum Gasteiger partial charge on any atom is -0.411 e. The highest BCUT2D eigenvalue weighted by molar-refractivity contribution is 6.09. The molecule has 16 heavy (non-hydrogen) atoms. The van der Waals surface area contributed by atoms with E-state index >= 15 is 0 Å². The zero-order valence-corrected chi connectivity index (χ0v) is 8.88. The van der Waals surface area contributed by atoms with Crippen LogP contribution in [0.25, 0.3) is 0 Å². The molecular formula is C11H13N3O2. The second kappa shape index (κ2) is 3.84. The van der Waals surface area contributed by atoms with E-state index in [2.05, 4.69) is 10.3 Å². The third kappa shape index (κ3) is 1.41. The van der Waals surface area contributed by atoms with Crippen molar-refractivity contribution in [3.63, 3.8) is 0 Å². The Hall–Kier alpha value is -2.04. The molecule has 0 fully saturated rings. The van der Waals surface area contributed by atoms with Crippen LogP contribution >= 0.6 is 0 Å². The van der Waals surface area contributed by atoms with Crippen molar-refractivity contribution in [1.29, 1.82) is 0 Å². The van der Waals surface area contributed by atoms with Crippen LogP contribution in [0.3, 0.4) is 0 Å². The molecule has 4 N–H and O–H groups in total. The Labute approximate surface area is 92.9 Å². The van der Waals surface area contributed by atoms with Crippen molar-refractivity contribution in [3.8, 4) is 0 Å². The molecule has 84 valence electrons. The molecule has 0 saturated carbocycles. The number of benzene rings is 1. The number of nitrogens with zero attached hydrogens (tertiary/aromatic N) is 2. The Morgan fingerprint density at radius 3 is 2.81 bits per heavy atom. The Morgan fingerprint density at radius 2 is 2.19 bits per heavy atom. The number of hydrogen-bond donors (Lipinski definition) is 3. The lowest BCUT2D eigenvalue weighted by Gasteiger charge is -2.05. The average molecular weight is 219 g/mol. The summed E-state index contributed by atoms with van der Waals surface area (Å²) >= 11 is 0. The maximum Gasteiger partial charge on any atom is 0.170 e. The van der Waals surface area contributed by atoms with Gasteiger partial charge >= 0.3 is 0 Å². The molecule has 0 spiro atoms. The van der Waals surface area contributed by atoms with E-state index in [0.717, 1.165) is 17.5 Å². The summed E-state index contributed by atoms with van der Waals surface area (Å²) in [5.74, 6) is 0.232. The zero-order chi connectivity index (χ0) is 11.7. The van der Waals surface area contributed by atoms with Gasteiger partial charge in [-0.15, -0.1) is 0 Å². The van der Waals surface area contributed by atoms with Gasteiger partial charge in [0.25, 0.3) is 0 Å². The van der Waals surface area contributed by atoms with E-state index in [1.807, 2.05) is 13.0 Å². The molecule has 1 aromatic rings. The lowest BCUT2D eigenvalue weighted by molar-refractivity contribution is 0.316. The van der Waals surface area contributed by atoms with Crippen molar-refractivity contribution in [1.82, 2.24) is 0 Å². The minimum absolute atomic E-state index is 0.0863. The molecule has 2 rings (SSSR count). The molecule has 0 heterocycles. The van der Waals surface area contributed by atoms with Gasteiger partial charge in [0, 0.05) is 17.0 Å². The summed E-state index contributed by atoms with van der Waals surface area (Å²) in [6.07, 6.45) is 0.737. The van der Waals surface area contributed by atoms with Gasteiger partial charge in [0.1, 0.15) is 0 Å². The van der Waals surface area contributed by atoms with E-state index in [4.69, 9.17) is 16.1 Å². The van der Waals surface area contributed by atoms with Crippen LogP contribution in [0.4, 0.5) is 0 Å². The number of rotatable bonds is 1. The highest BCUT2D eigenvalue weighted by atomic mass is 16.4. The molecule has 0 saturated heterocycles. The standard InChI is InChI=1S/C11H13N3O2/c1-6-5-9-7(10(6)13-15)3-2-4-8(9)11(12)14-16/h2-4,6,15-16H,5H2,1H3,(H2,12,14). The largest absolute Gasteiger partial charge is 0.411 e. The smallest absolute Gasteiger partial charge is 0.170 e. The topological polar surface area (TPSA) is 91.2 Å². The van der Waals surface area contributed by atoms with Crippen LogP contribution in [-0.2, 0) is 6.42 Å². The molecule has 1 atom stereocenters. The fourth-order valence-electron chi connectivity index (χ4n) is 2.16. The highest BCUT2D eigenvalue weighted by Gasteiger charge is 2.28. The predicted molar refractivity (Wildman–Crippen MR) is 60.1 cm³/mol. The Morgan fingerprint density at radius 1 is 1.44 bits per heavy atom. The van der Waals surface area contributed by atoms with Gasteiger partial charge in [0.15, 0.2) is 5.84 Å². The monoisotopic (exact) mass is 219 g/mol. The van der Waals surface area contributed by atoms with Gasteiger partial charge in [-0.3, -0.25) is 0 Å². The fourth-order valence-corrected chi connectivity index (χ4v) is 2.16. The molecule has 0 aliphatic heterocycles. The van der Waals surface area contributed by atoms with E-state index in [0.29, 0.717) is 11.3 Å². The summed E-state index contributed by atoms with van der Waals surface area (Å²) in [5.41, 5.74) is 8.80. The van der Waals surface area contributed by atoms with Gasteiger partial charge in [0.2, 0.25) is 0 Å². The third-order valence-electron chi connectivity index (χ3n) is 2.92. The van der Waals surface area contributed by atoms with Crippen molar-refractivity contribution >= 4 is 11.5 Å². The highest BCUT2D eigenvalue weighted by Crippen LogP contribution is 2.29. The summed E-state index contributed by atoms with van der Waals surface area (Å²) in [6, 6.07) is 5.47. The SMILES string of the molecule is CC1Cc2c(C(N)=NO)cccc2C1=NO. The normalized spacial score (nSPS) is 22.4. The van der Waals surface area contributed by atoms with Crippen molar-refractivity contribution in [3.05, 3.63) is 34.9 Å². The summed E-state index contributed by atoms with van der Waals surface area (Å²) < 4.78 is 0. The molecule has 0 bridgehead atoms. The molecule has 1 aromatic carbocycles. The Bertz CT molecular complexity index is 480. The number of hydrogen-bond acceptors (Lipinski definition) is 4. The maximum atomic E-state index is 8.95. The fraction of sp³-hybridized carbons (Fsp3) is 0.273. The number of amidine groups is 1. The Balaban J connectivity index is 2.61. The van der Waals surface area contributed by atoms with Crippen molar-refractivity contribution in [2.24, 2.45) is 22.0 Å². The van der Waals surface area contributed by atoms with E-state index < -0.39 is 0 Å². The van der Waals surface area contributed by atoms with Crippen molar-refractivity contribution < 1.29 is 10.4 Å². The van der Waals surface area contributed by atoms with E-state index in [1.165, 1.54) is 0 Å². The third-order valence-corrected chi connectivity index (χ3v) is 2.92. The Kier molecular flexibility index (Phi) is 2.52. The van der Waals surface area contributed by atoms with Crippen LogP contribution in [-0.4, -0.2) is 22.0 Å². The van der Waals surface area contributed by atoms with Crippen LogP contribution in [0.2, 0.25) is 0 Å². The average Bonchev–Trinajstić information content (AvgIpc) is 2.63. The first kappa shape index (κ1) is 10.5. The van der Waals surface area contributed by atoms with Crippen LogP contribution in [0.5, 0.6) is 0 Å². The summed E-state index contributed by atoms with van der Waals surface area (Å²) in [4.78, 5) is 0. The molecule has 0 radical (unpaired) electrons. The molecule has 5 heteroatoms. The lowest BCUT2D eigenvalue weighted by Crippen LogP contribution is -2.15. The van der Waals surface area contributed by atoms with Gasteiger partial charge in [-0.1, -0.05) is 35.4 Å². The second-order valence-corrected chi connectivity index (χ2v) is 3.91. The van der Waals surface area contributed by atoms with Crippen LogP contribution < -0.4 is 5.73 Å². The first-order chi connectivity index (χ1) is 7.69. The predicted octanol–water partition coefficient (Wildman–Crippen LogP) is 1.15. The molecule has 1 aliphatic carbocycles. The van der Waals surface area contributed by atoms with Crippen molar-refractivity contribution in [2.45, 2.75) is 13.3 Å². The summed E-state index contributed by atoms with van der Waals surface area (Å²) in [6.45, 7) is 1.98. The van der Waals surface area contributed by atoms with Crippen LogP contribution in [0.1, 0.15) is 23.6 Å². The summed E-state index contributed by atoms with van der Waals surface area (Å²) in [5, 5.41) is 24.0. The second-order valence-electron chi connectivity index (χ2n) is 3.91. The first-order valence-corrected chi connectivity index (χ1v) is 5.01. The van der Waals surface area contributed by atoms with E-state index in [-0.39, 0.29) is 11.8 Å². The van der Waals surface area contributed by atoms with Gasteiger partial charge in [-0.25, -0.2) is 0 Å². The van der Waals surface area contributed by atoms with Gasteiger partial charge in [0.05, 0.1) is 5.71 Å². The number of oxime groups is 2. The molecule has 1 unspecified atom stereocenters. The molecule has 0 aromatic heterocycles. The minimum atomic E-state index is 0.0863. The quantitative estimate of drug-likeness (QED) is 0.286. The summed E-state index contributed by atoms with van der Waals surface area (Å²) in [7, 11) is 0. The van der Waals surface area contributed by atoms with Gasteiger partial charge in [-0.2, -0.15) is 0 Å². The first-order valence-electron chi connectivity index (χ1n) is 5.01. The molecule has 1 aliphatic rings. The van der Waals surface area contributed by atoms with Crippen molar-refractivity contribution in [2.75, 3.05) is 0 Å². The lowest BCUT2D eigenvalue weighted by atomic mass is 10.0. The molecule has 0 amide bonds. The van der Waals surface area contributed by atoms with E-state index in [9.17, 15) is 0 Å². The zero-order valence-electron chi connectivity index (χ0n) is 8.88. The van der Waals surface area contributed by atoms with Crippen LogP contribution in [0.15, 0.2) is 28.5 Å². The van der Waals surface area contributed by atoms with Gasteiger partial charge in [-0.05, 0) is 12.0 Å². The molecule has 5 nitrogen and oxygen atoms in total. The number of fused-ring (bicyclic) bond motifs is 1. The maximum absolute atomic E-state index is 8.95. The van der Waals surface area contributed by atoms with Crippen LogP contribution in [0, 0.1) is 5.92 Å².